The van der Waals surface area contributed by atoms with E-state index in [1.807, 2.05) is 12.1 Å². The molecule has 0 saturated carbocycles. The summed E-state index contributed by atoms with van der Waals surface area (Å²) < 4.78 is 0. The maximum atomic E-state index is 12.9. The van der Waals surface area contributed by atoms with Crippen LogP contribution in [-0.4, -0.2) is 40.5 Å². The van der Waals surface area contributed by atoms with Crippen molar-refractivity contribution < 1.29 is 14.7 Å². The lowest BCUT2D eigenvalue weighted by molar-refractivity contribution is -0.137. The highest BCUT2D eigenvalue weighted by Crippen LogP contribution is 2.38. The number of hydrogen-bond acceptors (Lipinski definition) is 3. The fraction of sp³-hybridized carbons (Fsp3) is 0.600. The summed E-state index contributed by atoms with van der Waals surface area (Å²) in [6.07, 6.45) is 1.77. The van der Waals surface area contributed by atoms with Crippen LogP contribution in [0.25, 0.3) is 0 Å². The van der Waals surface area contributed by atoms with Gasteiger partial charge in [0.05, 0.1) is 12.1 Å². The molecule has 136 valence electrons. The minimum atomic E-state index is -0.626. The molecule has 1 aliphatic carbocycles. The highest BCUT2D eigenvalue weighted by Gasteiger charge is 2.40. The monoisotopic (exact) mass is 344 g/mol. The van der Waals surface area contributed by atoms with Crippen LogP contribution in [0.5, 0.6) is 0 Å². The van der Waals surface area contributed by atoms with Crippen molar-refractivity contribution in [1.29, 1.82) is 0 Å². The van der Waals surface area contributed by atoms with Gasteiger partial charge in [-0.2, -0.15) is 0 Å². The number of nitrogens with one attached hydrogen (secondary N) is 1. The standard InChI is InChI=1S/C20H28N2O3/c1-12(2)16-9-8-14-6-4-5-7-17(14)19(16)21-20(25)18-10-15(24)11-22(18)13(3)23/h4-7,12,15-16,18-19,24H,8-11H2,1-3H3,(H,21,25)/t15-,16-,18-,19-/m1/s1. The first-order valence-corrected chi connectivity index (χ1v) is 9.22. The molecule has 1 fully saturated rings. The first kappa shape index (κ1) is 17.9. The molecule has 0 unspecified atom stereocenters. The van der Waals surface area contributed by atoms with E-state index < -0.39 is 12.1 Å². The number of likely N-dealkylation sites (tertiary alicyclic amines) is 1. The summed E-state index contributed by atoms with van der Waals surface area (Å²) in [6, 6.07) is 7.67. The van der Waals surface area contributed by atoms with E-state index >= 15 is 0 Å². The van der Waals surface area contributed by atoms with E-state index in [2.05, 4.69) is 31.3 Å². The Morgan fingerprint density at radius 3 is 2.68 bits per heavy atom. The summed E-state index contributed by atoms with van der Waals surface area (Å²) in [4.78, 5) is 26.2. The van der Waals surface area contributed by atoms with Gasteiger partial charge in [0.15, 0.2) is 0 Å². The van der Waals surface area contributed by atoms with E-state index in [1.54, 1.807) is 0 Å². The van der Waals surface area contributed by atoms with E-state index in [0.29, 0.717) is 18.3 Å². The number of rotatable bonds is 3. The average molecular weight is 344 g/mol. The molecule has 1 aromatic carbocycles. The van der Waals surface area contributed by atoms with Gasteiger partial charge in [0.2, 0.25) is 11.8 Å². The van der Waals surface area contributed by atoms with E-state index in [-0.39, 0.29) is 24.4 Å². The first-order chi connectivity index (χ1) is 11.9. The molecule has 1 aromatic rings. The minimum Gasteiger partial charge on any atom is -0.391 e. The molecule has 0 bridgehead atoms. The molecular weight excluding hydrogens is 316 g/mol. The molecule has 1 aliphatic heterocycles. The number of amides is 2. The van der Waals surface area contributed by atoms with Crippen LogP contribution in [0.3, 0.4) is 0 Å². The molecule has 0 spiro atoms. The molecule has 2 aliphatic rings. The summed E-state index contributed by atoms with van der Waals surface area (Å²) in [5.74, 6) is 0.507. The summed E-state index contributed by atoms with van der Waals surface area (Å²) in [6.45, 7) is 6.07. The number of fused-ring (bicyclic) bond motifs is 1. The number of benzene rings is 1. The van der Waals surface area contributed by atoms with E-state index in [4.69, 9.17) is 0 Å². The quantitative estimate of drug-likeness (QED) is 0.882. The Morgan fingerprint density at radius 2 is 2.00 bits per heavy atom. The molecule has 0 aromatic heterocycles. The predicted octanol–water partition coefficient (Wildman–Crippen LogP) is 2.04. The Balaban J connectivity index is 1.84. The lowest BCUT2D eigenvalue weighted by Crippen LogP contribution is -2.48. The highest BCUT2D eigenvalue weighted by molar-refractivity contribution is 5.88. The number of β-amino-alcohol motifs (C(OH)–C–C–N with tert-alkyl or cyclic N) is 1. The van der Waals surface area contributed by atoms with Gasteiger partial charge in [-0.25, -0.2) is 0 Å². The van der Waals surface area contributed by atoms with E-state index in [0.717, 1.165) is 12.8 Å². The van der Waals surface area contributed by atoms with Crippen molar-refractivity contribution in [1.82, 2.24) is 10.2 Å². The van der Waals surface area contributed by atoms with Crippen molar-refractivity contribution in [2.24, 2.45) is 11.8 Å². The number of carbonyl (C=O) groups is 2. The van der Waals surface area contributed by atoms with Crippen LogP contribution in [0.4, 0.5) is 0 Å². The van der Waals surface area contributed by atoms with Crippen LogP contribution in [0.1, 0.15) is 50.8 Å². The topological polar surface area (TPSA) is 69.6 Å². The molecule has 5 nitrogen and oxygen atoms in total. The largest absolute Gasteiger partial charge is 0.391 e. The van der Waals surface area contributed by atoms with Gasteiger partial charge in [0.1, 0.15) is 6.04 Å². The Bertz CT molecular complexity index is 658. The zero-order valence-electron chi connectivity index (χ0n) is 15.2. The lowest BCUT2D eigenvalue weighted by Gasteiger charge is -2.37. The van der Waals surface area contributed by atoms with Gasteiger partial charge in [-0.05, 0) is 35.8 Å². The van der Waals surface area contributed by atoms with E-state index in [1.165, 1.54) is 23.0 Å². The molecule has 1 heterocycles. The third kappa shape index (κ3) is 3.56. The average Bonchev–Trinajstić information content (AvgIpc) is 2.97. The lowest BCUT2D eigenvalue weighted by atomic mass is 9.74. The van der Waals surface area contributed by atoms with Gasteiger partial charge >= 0.3 is 0 Å². The van der Waals surface area contributed by atoms with Crippen LogP contribution >= 0.6 is 0 Å². The van der Waals surface area contributed by atoms with Gasteiger partial charge < -0.3 is 15.3 Å². The molecule has 0 radical (unpaired) electrons. The molecule has 3 rings (SSSR count). The first-order valence-electron chi connectivity index (χ1n) is 9.22. The van der Waals surface area contributed by atoms with Crippen molar-refractivity contribution >= 4 is 11.8 Å². The van der Waals surface area contributed by atoms with Crippen LogP contribution in [0, 0.1) is 11.8 Å². The molecule has 2 N–H and O–H groups in total. The maximum absolute atomic E-state index is 12.9. The zero-order valence-corrected chi connectivity index (χ0v) is 15.2. The Morgan fingerprint density at radius 1 is 1.28 bits per heavy atom. The van der Waals surface area contributed by atoms with Crippen LogP contribution in [-0.2, 0) is 16.0 Å². The summed E-state index contributed by atoms with van der Waals surface area (Å²) >= 11 is 0. The Labute approximate surface area is 149 Å². The fourth-order valence-electron chi connectivity index (χ4n) is 4.35. The molecule has 5 heteroatoms. The van der Waals surface area contributed by atoms with Gasteiger partial charge in [-0.3, -0.25) is 9.59 Å². The van der Waals surface area contributed by atoms with Gasteiger partial charge in [-0.15, -0.1) is 0 Å². The summed E-state index contributed by atoms with van der Waals surface area (Å²) in [5, 5.41) is 13.1. The number of hydrogen-bond donors (Lipinski definition) is 2. The number of aliphatic hydroxyl groups excluding tert-OH is 1. The predicted molar refractivity (Wildman–Crippen MR) is 95.8 cm³/mol. The third-order valence-corrected chi connectivity index (χ3v) is 5.71. The van der Waals surface area contributed by atoms with Gasteiger partial charge in [0.25, 0.3) is 0 Å². The fourth-order valence-corrected chi connectivity index (χ4v) is 4.35. The second-order valence-electron chi connectivity index (χ2n) is 7.71. The van der Waals surface area contributed by atoms with Crippen molar-refractivity contribution in [3.05, 3.63) is 35.4 Å². The SMILES string of the molecule is CC(=O)N1C[C@H](O)C[C@@H]1C(=O)N[C@H]1c2ccccc2CC[C@@H]1C(C)C. The van der Waals surface area contributed by atoms with Gasteiger partial charge in [0, 0.05) is 19.9 Å². The molecule has 25 heavy (non-hydrogen) atoms. The van der Waals surface area contributed by atoms with Gasteiger partial charge in [-0.1, -0.05) is 38.1 Å². The Hall–Kier alpha value is -1.88. The zero-order chi connectivity index (χ0) is 18.1. The second kappa shape index (κ2) is 7.16. The highest BCUT2D eigenvalue weighted by atomic mass is 16.3. The molecule has 1 saturated heterocycles. The van der Waals surface area contributed by atoms with Crippen LogP contribution in [0.2, 0.25) is 0 Å². The van der Waals surface area contributed by atoms with Crippen LogP contribution < -0.4 is 5.32 Å². The number of carbonyl (C=O) groups excluding carboxylic acids is 2. The second-order valence-corrected chi connectivity index (χ2v) is 7.71. The maximum Gasteiger partial charge on any atom is 0.243 e. The van der Waals surface area contributed by atoms with Crippen LogP contribution in [0.15, 0.2) is 24.3 Å². The molecule has 2 amide bonds. The summed E-state index contributed by atoms with van der Waals surface area (Å²) in [5.41, 5.74) is 2.48. The molecule has 4 atom stereocenters. The van der Waals surface area contributed by atoms with Crippen molar-refractivity contribution in [2.45, 2.75) is 58.2 Å². The van der Waals surface area contributed by atoms with Crippen molar-refractivity contribution in [2.75, 3.05) is 6.54 Å². The smallest absolute Gasteiger partial charge is 0.243 e. The minimum absolute atomic E-state index is 0.0380. The van der Waals surface area contributed by atoms with Crippen molar-refractivity contribution in [3.8, 4) is 0 Å². The third-order valence-electron chi connectivity index (χ3n) is 5.71. The number of aliphatic hydroxyl groups is 1. The molecular formula is C20H28N2O3. The van der Waals surface area contributed by atoms with Crippen molar-refractivity contribution in [3.63, 3.8) is 0 Å². The van der Waals surface area contributed by atoms with E-state index in [9.17, 15) is 14.7 Å². The summed E-state index contributed by atoms with van der Waals surface area (Å²) in [7, 11) is 0. The number of aryl methyl sites for hydroxylation is 1. The number of nitrogens with zero attached hydrogens (tertiary/aromatic N) is 1. The Kier molecular flexibility index (Phi) is 5.13. The normalized spacial score (nSPS) is 28.8.